The molecule has 2 rings (SSSR count). The highest BCUT2D eigenvalue weighted by Gasteiger charge is 2.27. The maximum Gasteiger partial charge on any atom is 0.322 e. The van der Waals surface area contributed by atoms with Gasteiger partial charge < -0.3 is 21.2 Å². The summed E-state index contributed by atoms with van der Waals surface area (Å²) in [5.41, 5.74) is 7.45. The summed E-state index contributed by atoms with van der Waals surface area (Å²) < 4.78 is 0. The zero-order valence-corrected chi connectivity index (χ0v) is 12.2. The third-order valence-electron chi connectivity index (χ3n) is 3.79. The topological polar surface area (TPSA) is 91.0 Å². The third kappa shape index (κ3) is 4.11. The molecule has 2 amide bonds. The molecule has 0 aromatic heterocycles. The predicted molar refractivity (Wildman–Crippen MR) is 82.6 cm³/mol. The summed E-state index contributed by atoms with van der Waals surface area (Å²) in [5.74, 6) is 0.0426. The molecule has 0 unspecified atom stereocenters. The van der Waals surface area contributed by atoms with Crippen LogP contribution in [0.15, 0.2) is 29.4 Å². The Morgan fingerprint density at radius 2 is 2.00 bits per heavy atom. The lowest BCUT2D eigenvalue weighted by Gasteiger charge is -2.28. The van der Waals surface area contributed by atoms with Crippen molar-refractivity contribution in [2.24, 2.45) is 10.9 Å². The molecule has 1 aliphatic carbocycles. The Morgan fingerprint density at radius 3 is 2.57 bits per heavy atom. The van der Waals surface area contributed by atoms with E-state index in [1.54, 1.807) is 4.90 Å². The van der Waals surface area contributed by atoms with Gasteiger partial charge in [0.05, 0.1) is 6.54 Å². The molecule has 1 aromatic rings. The SMILES string of the molecule is Cc1ccc(NC(=O)N(CC(N)=NO)C2CCCC2)cc1. The number of hydrogen-bond acceptors (Lipinski definition) is 3. The van der Waals surface area contributed by atoms with E-state index < -0.39 is 0 Å². The zero-order chi connectivity index (χ0) is 15.2. The van der Waals surface area contributed by atoms with Crippen LogP contribution in [0.5, 0.6) is 0 Å². The van der Waals surface area contributed by atoms with Crippen LogP contribution in [0.2, 0.25) is 0 Å². The van der Waals surface area contributed by atoms with Gasteiger partial charge in [-0.2, -0.15) is 0 Å². The molecule has 1 fully saturated rings. The molecule has 6 nitrogen and oxygen atoms in total. The van der Waals surface area contributed by atoms with E-state index in [-0.39, 0.29) is 24.5 Å². The molecule has 6 heteroatoms. The fourth-order valence-corrected chi connectivity index (χ4v) is 2.62. The van der Waals surface area contributed by atoms with E-state index in [1.807, 2.05) is 31.2 Å². The van der Waals surface area contributed by atoms with Crippen LogP contribution >= 0.6 is 0 Å². The maximum absolute atomic E-state index is 12.5. The second-order valence-electron chi connectivity index (χ2n) is 5.45. The van der Waals surface area contributed by atoms with Crippen molar-refractivity contribution in [1.82, 2.24) is 4.90 Å². The summed E-state index contributed by atoms with van der Waals surface area (Å²) in [6.07, 6.45) is 4.13. The van der Waals surface area contributed by atoms with Gasteiger partial charge in [-0.1, -0.05) is 35.7 Å². The third-order valence-corrected chi connectivity index (χ3v) is 3.79. The average Bonchev–Trinajstić information content (AvgIpc) is 3.00. The second kappa shape index (κ2) is 6.97. The number of hydrogen-bond donors (Lipinski definition) is 3. The molecule has 0 bridgehead atoms. The lowest BCUT2D eigenvalue weighted by Crippen LogP contribution is -2.46. The molecular formula is C15H22N4O2. The van der Waals surface area contributed by atoms with Crippen molar-refractivity contribution in [3.63, 3.8) is 0 Å². The second-order valence-corrected chi connectivity index (χ2v) is 5.45. The number of rotatable bonds is 4. The minimum atomic E-state index is -0.211. The fraction of sp³-hybridized carbons (Fsp3) is 0.467. The summed E-state index contributed by atoms with van der Waals surface area (Å²) in [6.45, 7) is 2.13. The van der Waals surface area contributed by atoms with E-state index in [2.05, 4.69) is 10.5 Å². The normalized spacial score (nSPS) is 16.0. The Kier molecular flexibility index (Phi) is 5.03. The van der Waals surface area contributed by atoms with E-state index in [1.165, 1.54) is 0 Å². The predicted octanol–water partition coefficient (Wildman–Crippen LogP) is 2.52. The van der Waals surface area contributed by atoms with Gasteiger partial charge in [0.2, 0.25) is 0 Å². The minimum Gasteiger partial charge on any atom is -0.409 e. The van der Waals surface area contributed by atoms with Gasteiger partial charge in [-0.3, -0.25) is 0 Å². The first-order chi connectivity index (χ1) is 10.1. The smallest absolute Gasteiger partial charge is 0.322 e. The van der Waals surface area contributed by atoms with E-state index in [0.29, 0.717) is 0 Å². The van der Waals surface area contributed by atoms with Gasteiger partial charge in [-0.25, -0.2) is 4.79 Å². The quantitative estimate of drug-likeness (QED) is 0.344. The molecule has 114 valence electrons. The van der Waals surface area contributed by atoms with Crippen molar-refractivity contribution < 1.29 is 10.0 Å². The largest absolute Gasteiger partial charge is 0.409 e. The number of amides is 2. The van der Waals surface area contributed by atoms with Crippen LogP contribution in [0.3, 0.4) is 0 Å². The summed E-state index contributed by atoms with van der Waals surface area (Å²) in [7, 11) is 0. The van der Waals surface area contributed by atoms with Gasteiger partial charge in [0.1, 0.15) is 0 Å². The summed E-state index contributed by atoms with van der Waals surface area (Å²) >= 11 is 0. The number of oxime groups is 1. The highest BCUT2D eigenvalue weighted by atomic mass is 16.4. The van der Waals surface area contributed by atoms with Gasteiger partial charge in [0.25, 0.3) is 0 Å². The highest BCUT2D eigenvalue weighted by molar-refractivity contribution is 5.93. The highest BCUT2D eigenvalue weighted by Crippen LogP contribution is 2.24. The Balaban J connectivity index is 2.07. The van der Waals surface area contributed by atoms with Crippen molar-refractivity contribution in [3.8, 4) is 0 Å². The molecule has 0 atom stereocenters. The molecule has 0 heterocycles. The van der Waals surface area contributed by atoms with Crippen LogP contribution in [0, 0.1) is 6.92 Å². The number of carbonyl (C=O) groups excluding carboxylic acids is 1. The number of nitrogens with two attached hydrogens (primary N) is 1. The number of benzene rings is 1. The molecular weight excluding hydrogens is 268 g/mol. The van der Waals surface area contributed by atoms with E-state index in [0.717, 1.165) is 36.9 Å². The van der Waals surface area contributed by atoms with Crippen LogP contribution in [0.1, 0.15) is 31.2 Å². The van der Waals surface area contributed by atoms with Crippen molar-refractivity contribution in [1.29, 1.82) is 0 Å². The van der Waals surface area contributed by atoms with E-state index >= 15 is 0 Å². The molecule has 0 saturated heterocycles. The number of amidine groups is 1. The van der Waals surface area contributed by atoms with Crippen molar-refractivity contribution in [3.05, 3.63) is 29.8 Å². The molecule has 0 radical (unpaired) electrons. The van der Waals surface area contributed by atoms with Crippen LogP contribution in [0.4, 0.5) is 10.5 Å². The summed E-state index contributed by atoms with van der Waals surface area (Å²) in [4.78, 5) is 14.1. The standard InChI is InChI=1S/C15H22N4O2/c1-11-6-8-12(9-7-11)17-15(20)19(10-14(16)18-21)13-4-2-3-5-13/h6-9,13,21H,2-5,10H2,1H3,(H2,16,18)(H,17,20). The Morgan fingerprint density at radius 1 is 1.38 bits per heavy atom. The lowest BCUT2D eigenvalue weighted by molar-refractivity contribution is 0.197. The van der Waals surface area contributed by atoms with Crippen molar-refractivity contribution in [2.75, 3.05) is 11.9 Å². The molecule has 1 aliphatic rings. The fourth-order valence-electron chi connectivity index (χ4n) is 2.62. The number of anilines is 1. The average molecular weight is 290 g/mol. The van der Waals surface area contributed by atoms with Crippen molar-refractivity contribution >= 4 is 17.6 Å². The Hall–Kier alpha value is -2.24. The number of nitrogens with one attached hydrogen (secondary N) is 1. The number of aryl methyl sites for hydroxylation is 1. The van der Waals surface area contributed by atoms with Gasteiger partial charge in [0, 0.05) is 11.7 Å². The molecule has 0 spiro atoms. The first-order valence-electron chi connectivity index (χ1n) is 7.21. The molecule has 4 N–H and O–H groups in total. The number of carbonyl (C=O) groups is 1. The molecule has 1 aromatic carbocycles. The molecule has 1 saturated carbocycles. The Labute approximate surface area is 124 Å². The van der Waals surface area contributed by atoms with Gasteiger partial charge in [-0.15, -0.1) is 0 Å². The first kappa shape index (κ1) is 15.2. The molecule has 21 heavy (non-hydrogen) atoms. The maximum atomic E-state index is 12.5. The monoisotopic (exact) mass is 290 g/mol. The first-order valence-corrected chi connectivity index (χ1v) is 7.21. The molecule has 0 aliphatic heterocycles. The summed E-state index contributed by atoms with van der Waals surface area (Å²) in [6, 6.07) is 7.55. The minimum absolute atomic E-state index is 0.0426. The van der Waals surface area contributed by atoms with Gasteiger partial charge in [-0.05, 0) is 31.9 Å². The zero-order valence-electron chi connectivity index (χ0n) is 12.2. The van der Waals surface area contributed by atoms with E-state index in [9.17, 15) is 4.79 Å². The van der Waals surface area contributed by atoms with Crippen LogP contribution in [-0.2, 0) is 0 Å². The van der Waals surface area contributed by atoms with E-state index in [4.69, 9.17) is 10.9 Å². The van der Waals surface area contributed by atoms with Crippen LogP contribution in [0.25, 0.3) is 0 Å². The van der Waals surface area contributed by atoms with Gasteiger partial charge >= 0.3 is 6.03 Å². The summed E-state index contributed by atoms with van der Waals surface area (Å²) in [5, 5.41) is 14.6. The Bertz CT molecular complexity index is 507. The van der Waals surface area contributed by atoms with Crippen LogP contribution < -0.4 is 11.1 Å². The van der Waals surface area contributed by atoms with Gasteiger partial charge in [0.15, 0.2) is 5.84 Å². The van der Waals surface area contributed by atoms with Crippen LogP contribution in [-0.4, -0.2) is 34.6 Å². The number of nitrogens with zero attached hydrogens (tertiary/aromatic N) is 2. The number of urea groups is 1. The lowest BCUT2D eigenvalue weighted by atomic mass is 10.2. The van der Waals surface area contributed by atoms with Crippen molar-refractivity contribution in [2.45, 2.75) is 38.6 Å².